The highest BCUT2D eigenvalue weighted by Crippen LogP contribution is 2.11. The van der Waals surface area contributed by atoms with Crippen LogP contribution in [0.1, 0.15) is 18.9 Å². The number of hydrogen-bond acceptors (Lipinski definition) is 2. The molecule has 98 valence electrons. The van der Waals surface area contributed by atoms with E-state index in [0.717, 1.165) is 5.56 Å². The maximum atomic E-state index is 11.1. The van der Waals surface area contributed by atoms with Gasteiger partial charge in [0.1, 0.15) is 0 Å². The first-order valence-electron chi connectivity index (χ1n) is 6.13. The summed E-state index contributed by atoms with van der Waals surface area (Å²) in [6.07, 6.45) is 1.97. The Bertz CT molecular complexity index is 378. The van der Waals surface area contributed by atoms with Crippen molar-refractivity contribution in [2.45, 2.75) is 19.8 Å². The molecule has 1 N–H and O–H groups in total. The Hall–Kier alpha value is -1.84. The van der Waals surface area contributed by atoms with Crippen molar-refractivity contribution in [1.82, 2.24) is 4.90 Å². The summed E-state index contributed by atoms with van der Waals surface area (Å²) in [5.41, 5.74) is 1.12. The zero-order chi connectivity index (χ0) is 13.4. The Morgan fingerprint density at radius 2 is 2.06 bits per heavy atom. The molecule has 0 aliphatic rings. The van der Waals surface area contributed by atoms with Gasteiger partial charge in [0.15, 0.2) is 0 Å². The third-order valence-corrected chi connectivity index (χ3v) is 2.98. The van der Waals surface area contributed by atoms with Crippen LogP contribution in [0, 0.1) is 5.92 Å². The molecule has 0 saturated carbocycles. The fourth-order valence-corrected chi connectivity index (χ4v) is 1.81. The van der Waals surface area contributed by atoms with Crippen LogP contribution in [0.15, 0.2) is 30.3 Å². The van der Waals surface area contributed by atoms with Crippen LogP contribution in [-0.4, -0.2) is 35.5 Å². The van der Waals surface area contributed by atoms with Crippen LogP contribution in [0.4, 0.5) is 0 Å². The van der Waals surface area contributed by atoms with Gasteiger partial charge in [-0.15, -0.1) is 0 Å². The van der Waals surface area contributed by atoms with Gasteiger partial charge in [-0.05, 0) is 25.3 Å². The SMILES string of the molecule is CCN(C=O)CC(CCc1ccccc1)C(=O)O. The highest BCUT2D eigenvalue weighted by atomic mass is 16.4. The molecule has 0 saturated heterocycles. The minimum Gasteiger partial charge on any atom is -0.481 e. The maximum Gasteiger partial charge on any atom is 0.308 e. The van der Waals surface area contributed by atoms with Gasteiger partial charge in [-0.3, -0.25) is 9.59 Å². The second-order valence-electron chi connectivity index (χ2n) is 4.25. The number of rotatable bonds is 8. The average Bonchev–Trinajstić information content (AvgIpc) is 2.40. The molecule has 1 aromatic rings. The fraction of sp³-hybridized carbons (Fsp3) is 0.429. The molecule has 0 bridgehead atoms. The second-order valence-corrected chi connectivity index (χ2v) is 4.25. The Morgan fingerprint density at radius 3 is 2.56 bits per heavy atom. The van der Waals surface area contributed by atoms with Gasteiger partial charge in [-0.25, -0.2) is 0 Å². The van der Waals surface area contributed by atoms with Crippen LogP contribution in [0.5, 0.6) is 0 Å². The standard InChI is InChI=1S/C14H19NO3/c1-2-15(11-16)10-13(14(17)18)9-8-12-6-4-3-5-7-12/h3-7,11,13H,2,8-10H2,1H3,(H,17,18). The lowest BCUT2D eigenvalue weighted by atomic mass is 9.99. The monoisotopic (exact) mass is 249 g/mol. The molecule has 4 nitrogen and oxygen atoms in total. The molecule has 4 heteroatoms. The molecule has 0 aliphatic heterocycles. The molecule has 0 aliphatic carbocycles. The summed E-state index contributed by atoms with van der Waals surface area (Å²) in [6, 6.07) is 9.78. The van der Waals surface area contributed by atoms with Crippen LogP contribution < -0.4 is 0 Å². The first-order chi connectivity index (χ1) is 8.67. The van der Waals surface area contributed by atoms with Crippen molar-refractivity contribution in [1.29, 1.82) is 0 Å². The van der Waals surface area contributed by atoms with Gasteiger partial charge in [-0.1, -0.05) is 30.3 Å². The summed E-state index contributed by atoms with van der Waals surface area (Å²) < 4.78 is 0. The van der Waals surface area contributed by atoms with Crippen molar-refractivity contribution < 1.29 is 14.7 Å². The number of nitrogens with zero attached hydrogens (tertiary/aromatic N) is 1. The van der Waals surface area contributed by atoms with E-state index in [9.17, 15) is 9.59 Å². The number of hydrogen-bond donors (Lipinski definition) is 1. The Kier molecular flexibility index (Phi) is 5.91. The van der Waals surface area contributed by atoms with Gasteiger partial charge >= 0.3 is 5.97 Å². The topological polar surface area (TPSA) is 57.6 Å². The largest absolute Gasteiger partial charge is 0.481 e. The summed E-state index contributed by atoms with van der Waals surface area (Å²) in [5, 5.41) is 9.15. The Morgan fingerprint density at radius 1 is 1.39 bits per heavy atom. The molecule has 1 rings (SSSR count). The molecule has 0 aromatic heterocycles. The van der Waals surface area contributed by atoms with Gasteiger partial charge < -0.3 is 10.0 Å². The molecule has 1 amide bonds. The van der Waals surface area contributed by atoms with Gasteiger partial charge in [-0.2, -0.15) is 0 Å². The number of carboxylic acid groups (broad SMARTS) is 1. The molecule has 1 unspecified atom stereocenters. The summed E-state index contributed by atoms with van der Waals surface area (Å²) in [6.45, 7) is 2.66. The van der Waals surface area contributed by atoms with Crippen LogP contribution in [0.25, 0.3) is 0 Å². The molecule has 1 atom stereocenters. The maximum absolute atomic E-state index is 11.1. The third kappa shape index (κ3) is 4.57. The van der Waals surface area contributed by atoms with Crippen LogP contribution >= 0.6 is 0 Å². The van der Waals surface area contributed by atoms with Crippen molar-refractivity contribution in [2.75, 3.05) is 13.1 Å². The number of aryl methyl sites for hydroxylation is 1. The number of benzene rings is 1. The molecule has 0 fully saturated rings. The fourth-order valence-electron chi connectivity index (χ4n) is 1.81. The van der Waals surface area contributed by atoms with Crippen molar-refractivity contribution in [2.24, 2.45) is 5.92 Å². The van der Waals surface area contributed by atoms with Gasteiger partial charge in [0, 0.05) is 13.1 Å². The number of carboxylic acids is 1. The van der Waals surface area contributed by atoms with E-state index in [1.54, 1.807) is 0 Å². The summed E-state index contributed by atoms with van der Waals surface area (Å²) >= 11 is 0. The van der Waals surface area contributed by atoms with Crippen molar-refractivity contribution >= 4 is 12.4 Å². The van der Waals surface area contributed by atoms with Gasteiger partial charge in [0.25, 0.3) is 0 Å². The Labute approximate surface area is 107 Å². The van der Waals surface area contributed by atoms with Crippen LogP contribution in [0.3, 0.4) is 0 Å². The van der Waals surface area contributed by atoms with Gasteiger partial charge in [0.05, 0.1) is 5.92 Å². The molecular weight excluding hydrogens is 230 g/mol. The summed E-state index contributed by atoms with van der Waals surface area (Å²) in [7, 11) is 0. The van der Waals surface area contributed by atoms with E-state index < -0.39 is 11.9 Å². The van der Waals surface area contributed by atoms with Crippen LogP contribution in [0.2, 0.25) is 0 Å². The molecule has 0 spiro atoms. The van der Waals surface area contributed by atoms with Crippen LogP contribution in [-0.2, 0) is 16.0 Å². The van der Waals surface area contributed by atoms with E-state index in [4.69, 9.17) is 5.11 Å². The number of amides is 1. The first-order valence-corrected chi connectivity index (χ1v) is 6.13. The van der Waals surface area contributed by atoms with Crippen molar-refractivity contribution in [3.63, 3.8) is 0 Å². The Balaban J connectivity index is 2.53. The second kappa shape index (κ2) is 7.48. The zero-order valence-corrected chi connectivity index (χ0v) is 10.6. The predicted molar refractivity (Wildman–Crippen MR) is 69.2 cm³/mol. The highest BCUT2D eigenvalue weighted by Gasteiger charge is 2.19. The predicted octanol–water partition coefficient (Wildman–Crippen LogP) is 1.80. The quantitative estimate of drug-likeness (QED) is 0.715. The minimum absolute atomic E-state index is 0.280. The van der Waals surface area contributed by atoms with Gasteiger partial charge in [0.2, 0.25) is 6.41 Å². The summed E-state index contributed by atoms with van der Waals surface area (Å²) in [4.78, 5) is 23.3. The van der Waals surface area contributed by atoms with E-state index in [1.165, 1.54) is 4.90 Å². The molecule has 18 heavy (non-hydrogen) atoms. The number of aliphatic carboxylic acids is 1. The molecule has 1 aromatic carbocycles. The minimum atomic E-state index is -0.841. The average molecular weight is 249 g/mol. The highest BCUT2D eigenvalue weighted by molar-refractivity contribution is 5.70. The lowest BCUT2D eigenvalue weighted by Gasteiger charge is -2.20. The van der Waals surface area contributed by atoms with E-state index in [-0.39, 0.29) is 6.54 Å². The van der Waals surface area contributed by atoms with E-state index >= 15 is 0 Å². The zero-order valence-electron chi connectivity index (χ0n) is 10.6. The van der Waals surface area contributed by atoms with E-state index in [1.807, 2.05) is 37.3 Å². The lowest BCUT2D eigenvalue weighted by molar-refractivity contribution is -0.142. The van der Waals surface area contributed by atoms with E-state index in [2.05, 4.69) is 0 Å². The van der Waals surface area contributed by atoms with Crippen molar-refractivity contribution in [3.05, 3.63) is 35.9 Å². The smallest absolute Gasteiger partial charge is 0.308 e. The molecule has 0 radical (unpaired) electrons. The first kappa shape index (κ1) is 14.2. The third-order valence-electron chi connectivity index (χ3n) is 2.98. The summed E-state index contributed by atoms with van der Waals surface area (Å²) in [5.74, 6) is -1.35. The lowest BCUT2D eigenvalue weighted by Crippen LogP contribution is -2.32. The number of carbonyl (C=O) groups excluding carboxylic acids is 1. The van der Waals surface area contributed by atoms with Crippen molar-refractivity contribution in [3.8, 4) is 0 Å². The molecular formula is C14H19NO3. The molecule has 0 heterocycles. The van der Waals surface area contributed by atoms with E-state index in [0.29, 0.717) is 25.8 Å². The number of carbonyl (C=O) groups is 2. The normalized spacial score (nSPS) is 11.8.